The number of nitrogens with one attached hydrogen (secondary N) is 2. The van der Waals surface area contributed by atoms with E-state index >= 15 is 0 Å². The summed E-state index contributed by atoms with van der Waals surface area (Å²) in [7, 11) is 4.02. The molecule has 1 aromatic carbocycles. The lowest BCUT2D eigenvalue weighted by Crippen LogP contribution is -2.30. The molecule has 8 heteroatoms. The van der Waals surface area contributed by atoms with Crippen molar-refractivity contribution in [2.24, 2.45) is 5.92 Å². The van der Waals surface area contributed by atoms with E-state index in [0.29, 0.717) is 24.7 Å². The highest BCUT2D eigenvalue weighted by Crippen LogP contribution is 2.22. The second-order valence-corrected chi connectivity index (χ2v) is 8.06. The minimum atomic E-state index is -0.307. The Morgan fingerprint density at radius 2 is 1.77 bits per heavy atom. The number of nitrogens with zero attached hydrogens (tertiary/aromatic N) is 4. The first-order valence-corrected chi connectivity index (χ1v) is 10.2. The summed E-state index contributed by atoms with van der Waals surface area (Å²) in [6.45, 7) is 5.96. The summed E-state index contributed by atoms with van der Waals surface area (Å²) in [5.74, 6) is 0.181. The van der Waals surface area contributed by atoms with E-state index in [1.165, 1.54) is 0 Å². The highest BCUT2D eigenvalue weighted by atomic mass is 16.2. The summed E-state index contributed by atoms with van der Waals surface area (Å²) in [6, 6.07) is 9.30. The van der Waals surface area contributed by atoms with Crippen molar-refractivity contribution in [3.8, 4) is 0 Å². The molecule has 3 rings (SSSR count). The summed E-state index contributed by atoms with van der Waals surface area (Å²) in [4.78, 5) is 37.4. The maximum atomic E-state index is 12.6. The fraction of sp³-hybridized carbons (Fsp3) is 0.455. The van der Waals surface area contributed by atoms with Crippen molar-refractivity contribution < 1.29 is 9.59 Å². The van der Waals surface area contributed by atoms with Gasteiger partial charge in [-0.2, -0.15) is 0 Å². The van der Waals surface area contributed by atoms with Crippen molar-refractivity contribution >= 4 is 29.1 Å². The van der Waals surface area contributed by atoms with Gasteiger partial charge in [0, 0.05) is 42.3 Å². The molecule has 0 saturated carbocycles. The smallest absolute Gasteiger partial charge is 0.229 e. The molecule has 1 fully saturated rings. The van der Waals surface area contributed by atoms with Crippen molar-refractivity contribution in [2.45, 2.75) is 26.7 Å². The minimum absolute atomic E-state index is 0.0573. The Kier molecular flexibility index (Phi) is 6.99. The first-order valence-electron chi connectivity index (χ1n) is 10.2. The Bertz CT molecular complexity index is 877. The Balaban J connectivity index is 1.52. The van der Waals surface area contributed by atoms with Crippen molar-refractivity contribution in [2.75, 3.05) is 44.4 Å². The number of carbonyl (C=O) groups excluding carboxylic acids is 2. The quantitative estimate of drug-likeness (QED) is 0.695. The fourth-order valence-electron chi connectivity index (χ4n) is 3.53. The van der Waals surface area contributed by atoms with Gasteiger partial charge in [0.25, 0.3) is 0 Å². The molecule has 0 radical (unpaired) electrons. The van der Waals surface area contributed by atoms with E-state index in [-0.39, 0.29) is 24.2 Å². The molecule has 1 unspecified atom stereocenters. The molecule has 0 aliphatic carbocycles. The number of hydrogen-bond acceptors (Lipinski definition) is 6. The Hall–Kier alpha value is -3.00. The van der Waals surface area contributed by atoms with Gasteiger partial charge in [-0.05, 0) is 71.2 Å². The maximum absolute atomic E-state index is 12.6. The van der Waals surface area contributed by atoms with Crippen LogP contribution in [0.3, 0.4) is 0 Å². The zero-order chi connectivity index (χ0) is 21.7. The summed E-state index contributed by atoms with van der Waals surface area (Å²) in [5.41, 5.74) is 3.33. The van der Waals surface area contributed by atoms with Crippen molar-refractivity contribution in [1.82, 2.24) is 19.8 Å². The van der Waals surface area contributed by atoms with Gasteiger partial charge < -0.3 is 20.4 Å². The van der Waals surface area contributed by atoms with Gasteiger partial charge in [0.05, 0.1) is 5.92 Å². The summed E-state index contributed by atoms with van der Waals surface area (Å²) >= 11 is 0. The number of hydrogen-bond donors (Lipinski definition) is 2. The number of rotatable bonds is 8. The Morgan fingerprint density at radius 3 is 2.40 bits per heavy atom. The zero-order valence-electron chi connectivity index (χ0n) is 18.1. The van der Waals surface area contributed by atoms with Gasteiger partial charge in [-0.3, -0.25) is 9.59 Å². The number of anilines is 3. The molecule has 2 aromatic rings. The largest absolute Gasteiger partial charge is 0.342 e. The molecular weight excluding hydrogens is 380 g/mol. The van der Waals surface area contributed by atoms with Crippen LogP contribution in [-0.4, -0.2) is 65.3 Å². The number of aromatic nitrogens is 2. The topological polar surface area (TPSA) is 90.5 Å². The van der Waals surface area contributed by atoms with Crippen LogP contribution in [-0.2, 0) is 9.59 Å². The molecule has 1 aliphatic rings. The van der Waals surface area contributed by atoms with E-state index in [4.69, 9.17) is 0 Å². The van der Waals surface area contributed by atoms with Gasteiger partial charge in [0.2, 0.25) is 17.8 Å². The second-order valence-electron chi connectivity index (χ2n) is 8.06. The number of amides is 2. The molecule has 8 nitrogen and oxygen atoms in total. The lowest BCUT2D eigenvalue weighted by atomic mass is 10.1. The summed E-state index contributed by atoms with van der Waals surface area (Å²) < 4.78 is 0. The predicted octanol–water partition coefficient (Wildman–Crippen LogP) is 2.58. The van der Waals surface area contributed by atoms with Crippen LogP contribution in [0.2, 0.25) is 0 Å². The number of aryl methyl sites for hydroxylation is 2. The minimum Gasteiger partial charge on any atom is -0.342 e. The van der Waals surface area contributed by atoms with E-state index < -0.39 is 0 Å². The van der Waals surface area contributed by atoms with E-state index in [2.05, 4.69) is 25.5 Å². The van der Waals surface area contributed by atoms with Gasteiger partial charge >= 0.3 is 0 Å². The molecule has 30 heavy (non-hydrogen) atoms. The SMILES string of the molecule is Cc1cc(C)nc(Nc2ccc(NC(=O)C3CC(=O)N(CCCN(C)C)C3)cc2)n1. The van der Waals surface area contributed by atoms with Crippen LogP contribution in [0, 0.1) is 19.8 Å². The highest BCUT2D eigenvalue weighted by molar-refractivity contribution is 5.97. The van der Waals surface area contributed by atoms with Crippen LogP contribution in [0.4, 0.5) is 17.3 Å². The van der Waals surface area contributed by atoms with Gasteiger partial charge in [0.15, 0.2) is 0 Å². The summed E-state index contributed by atoms with van der Waals surface area (Å²) in [5, 5.41) is 6.09. The molecule has 1 aromatic heterocycles. The molecule has 1 atom stereocenters. The van der Waals surface area contributed by atoms with E-state index in [0.717, 1.165) is 30.0 Å². The van der Waals surface area contributed by atoms with Gasteiger partial charge in [-0.1, -0.05) is 0 Å². The lowest BCUT2D eigenvalue weighted by Gasteiger charge is -2.18. The van der Waals surface area contributed by atoms with E-state index in [9.17, 15) is 9.59 Å². The average molecular weight is 411 g/mol. The third kappa shape index (κ3) is 6.00. The normalized spacial score (nSPS) is 16.2. The predicted molar refractivity (Wildman–Crippen MR) is 118 cm³/mol. The molecule has 0 bridgehead atoms. The van der Waals surface area contributed by atoms with Crippen molar-refractivity contribution in [3.63, 3.8) is 0 Å². The standard InChI is InChI=1S/C22H30N6O2/c1-15-12-16(2)24-22(23-15)26-19-8-6-18(7-9-19)25-21(30)17-13-20(29)28(14-17)11-5-10-27(3)4/h6-9,12,17H,5,10-11,13-14H2,1-4H3,(H,25,30)(H,23,24,26). The van der Waals surface area contributed by atoms with Gasteiger partial charge in [-0.25, -0.2) is 9.97 Å². The molecule has 2 amide bonds. The molecule has 160 valence electrons. The number of benzene rings is 1. The van der Waals surface area contributed by atoms with E-state index in [1.807, 2.05) is 58.3 Å². The van der Waals surface area contributed by atoms with E-state index in [1.54, 1.807) is 4.90 Å². The third-order valence-electron chi connectivity index (χ3n) is 5.01. The summed E-state index contributed by atoms with van der Waals surface area (Å²) in [6.07, 6.45) is 1.18. The highest BCUT2D eigenvalue weighted by Gasteiger charge is 2.33. The van der Waals surface area contributed by atoms with Crippen LogP contribution < -0.4 is 10.6 Å². The molecule has 1 aliphatic heterocycles. The maximum Gasteiger partial charge on any atom is 0.229 e. The van der Waals surface area contributed by atoms with Crippen LogP contribution in [0.25, 0.3) is 0 Å². The Labute approximate surface area is 177 Å². The average Bonchev–Trinajstić information content (AvgIpc) is 3.03. The van der Waals surface area contributed by atoms with Gasteiger partial charge in [0.1, 0.15) is 0 Å². The molecule has 2 heterocycles. The first kappa shape index (κ1) is 21.7. The second kappa shape index (κ2) is 9.67. The molecule has 2 N–H and O–H groups in total. The molecular formula is C22H30N6O2. The number of likely N-dealkylation sites (tertiary alicyclic amines) is 1. The fourth-order valence-corrected chi connectivity index (χ4v) is 3.53. The van der Waals surface area contributed by atoms with Crippen LogP contribution in [0.1, 0.15) is 24.2 Å². The monoisotopic (exact) mass is 410 g/mol. The third-order valence-corrected chi connectivity index (χ3v) is 5.01. The van der Waals surface area contributed by atoms with Crippen LogP contribution >= 0.6 is 0 Å². The van der Waals surface area contributed by atoms with Gasteiger partial charge in [-0.15, -0.1) is 0 Å². The van der Waals surface area contributed by atoms with Crippen molar-refractivity contribution in [3.05, 3.63) is 41.7 Å². The lowest BCUT2D eigenvalue weighted by molar-refractivity contribution is -0.128. The van der Waals surface area contributed by atoms with Crippen molar-refractivity contribution in [1.29, 1.82) is 0 Å². The molecule has 0 spiro atoms. The zero-order valence-corrected chi connectivity index (χ0v) is 18.1. The molecule has 1 saturated heterocycles. The van der Waals surface area contributed by atoms with Crippen LogP contribution in [0.5, 0.6) is 0 Å². The Morgan fingerprint density at radius 1 is 1.13 bits per heavy atom. The number of carbonyl (C=O) groups is 2. The van der Waals surface area contributed by atoms with Crippen LogP contribution in [0.15, 0.2) is 30.3 Å². The first-order chi connectivity index (χ1) is 14.3.